The lowest BCUT2D eigenvalue weighted by Crippen LogP contribution is -2.41. The fourth-order valence-corrected chi connectivity index (χ4v) is 4.26. The Kier molecular flexibility index (Phi) is 5.70. The van der Waals surface area contributed by atoms with E-state index in [1.165, 1.54) is 12.8 Å². The van der Waals surface area contributed by atoms with E-state index < -0.39 is 5.41 Å². The monoisotopic (exact) mass is 356 g/mol. The predicted octanol–water partition coefficient (Wildman–Crippen LogP) is 3.86. The van der Waals surface area contributed by atoms with Crippen molar-refractivity contribution in [2.75, 3.05) is 7.11 Å². The van der Waals surface area contributed by atoms with Crippen molar-refractivity contribution in [2.24, 2.45) is 0 Å². The summed E-state index contributed by atoms with van der Waals surface area (Å²) in [4.78, 5) is 11.3. The highest BCUT2D eigenvalue weighted by atomic mass is 16.5. The highest BCUT2D eigenvalue weighted by Crippen LogP contribution is 2.42. The molecule has 0 radical (unpaired) electrons. The number of rotatable bonds is 5. The lowest BCUT2D eigenvalue weighted by atomic mass is 9.69. The van der Waals surface area contributed by atoms with Crippen LogP contribution in [-0.4, -0.2) is 25.2 Å². The van der Waals surface area contributed by atoms with Gasteiger partial charge in [-0.05, 0) is 69.1 Å². The first-order valence-electron chi connectivity index (χ1n) is 9.60. The van der Waals surface area contributed by atoms with Crippen LogP contribution in [0.2, 0.25) is 0 Å². The maximum atomic E-state index is 11.3. The molecular weight excluding hydrogens is 328 g/mol. The van der Waals surface area contributed by atoms with Crippen LogP contribution in [0.5, 0.6) is 11.5 Å². The third-order valence-electron chi connectivity index (χ3n) is 5.77. The maximum absolute atomic E-state index is 11.3. The Hall–Kier alpha value is -2.22. The maximum Gasteiger partial charge on any atom is 0.217 e. The molecule has 0 saturated heterocycles. The molecule has 1 amide bonds. The van der Waals surface area contributed by atoms with E-state index in [9.17, 15) is 10.1 Å². The molecule has 1 aromatic rings. The largest absolute Gasteiger partial charge is 0.493 e. The van der Waals surface area contributed by atoms with E-state index in [1.807, 2.05) is 18.2 Å². The van der Waals surface area contributed by atoms with E-state index >= 15 is 0 Å². The number of benzene rings is 1. The van der Waals surface area contributed by atoms with Gasteiger partial charge in [-0.25, -0.2) is 0 Å². The molecule has 5 heteroatoms. The SMILES string of the molecule is COc1ccc([C@]2(C#N)CC[C@H](NC(C)=O)CC2)cc1OC1CCCC1. The van der Waals surface area contributed by atoms with Gasteiger partial charge in [-0.15, -0.1) is 0 Å². The van der Waals surface area contributed by atoms with Gasteiger partial charge >= 0.3 is 0 Å². The minimum atomic E-state index is -0.519. The van der Waals surface area contributed by atoms with Crippen molar-refractivity contribution in [1.29, 1.82) is 5.26 Å². The van der Waals surface area contributed by atoms with Gasteiger partial charge in [0.05, 0.1) is 24.7 Å². The van der Waals surface area contributed by atoms with Gasteiger partial charge in [0.2, 0.25) is 5.91 Å². The Balaban J connectivity index is 1.80. The van der Waals surface area contributed by atoms with E-state index in [0.717, 1.165) is 55.6 Å². The first-order chi connectivity index (χ1) is 12.6. The average Bonchev–Trinajstić information content (AvgIpc) is 3.15. The number of methoxy groups -OCH3 is 1. The van der Waals surface area contributed by atoms with Crippen LogP contribution in [0.1, 0.15) is 63.9 Å². The van der Waals surface area contributed by atoms with E-state index in [1.54, 1.807) is 14.0 Å². The van der Waals surface area contributed by atoms with Crippen LogP contribution in [0.25, 0.3) is 0 Å². The van der Waals surface area contributed by atoms with Crippen LogP contribution < -0.4 is 14.8 Å². The van der Waals surface area contributed by atoms with Crippen LogP contribution in [0, 0.1) is 11.3 Å². The third-order valence-corrected chi connectivity index (χ3v) is 5.77. The molecule has 0 bridgehead atoms. The Morgan fingerprint density at radius 1 is 1.19 bits per heavy atom. The molecule has 3 rings (SSSR count). The van der Waals surface area contributed by atoms with Crippen molar-refractivity contribution in [1.82, 2.24) is 5.32 Å². The van der Waals surface area contributed by atoms with Crippen LogP contribution in [0.4, 0.5) is 0 Å². The zero-order chi connectivity index (χ0) is 18.6. The summed E-state index contributed by atoms with van der Waals surface area (Å²) in [6.45, 7) is 1.54. The normalized spacial score (nSPS) is 26.1. The summed E-state index contributed by atoms with van der Waals surface area (Å²) in [5.74, 6) is 1.47. The van der Waals surface area contributed by atoms with Gasteiger partial charge < -0.3 is 14.8 Å². The van der Waals surface area contributed by atoms with Crippen molar-refractivity contribution >= 4 is 5.91 Å². The standard InChI is InChI=1S/C21H28N2O3/c1-15(24)23-17-9-11-21(14-22,12-10-17)16-7-8-19(25-2)20(13-16)26-18-5-3-4-6-18/h7-8,13,17-18H,3-6,9-12H2,1-2H3,(H,23,24)/t17-,21+. The zero-order valence-electron chi connectivity index (χ0n) is 15.7. The molecule has 0 aromatic heterocycles. The van der Waals surface area contributed by atoms with Crippen LogP contribution >= 0.6 is 0 Å². The molecule has 0 aliphatic heterocycles. The molecule has 0 unspecified atom stereocenters. The third kappa shape index (κ3) is 3.95. The van der Waals surface area contributed by atoms with Gasteiger partial charge in [-0.2, -0.15) is 5.26 Å². The van der Waals surface area contributed by atoms with Gasteiger partial charge in [0.15, 0.2) is 11.5 Å². The van der Waals surface area contributed by atoms with Crippen molar-refractivity contribution in [3.63, 3.8) is 0 Å². The molecule has 0 spiro atoms. The number of carbonyl (C=O) groups excluding carboxylic acids is 1. The Bertz CT molecular complexity index is 681. The molecule has 2 aliphatic rings. The number of ether oxygens (including phenoxy) is 2. The summed E-state index contributed by atoms with van der Waals surface area (Å²) in [5, 5.41) is 12.9. The Morgan fingerprint density at radius 3 is 2.46 bits per heavy atom. The second-order valence-electron chi connectivity index (χ2n) is 7.56. The summed E-state index contributed by atoms with van der Waals surface area (Å²) >= 11 is 0. The number of hydrogen-bond acceptors (Lipinski definition) is 4. The summed E-state index contributed by atoms with van der Waals surface area (Å²) in [6.07, 6.45) is 7.93. The molecule has 2 aliphatic carbocycles. The summed E-state index contributed by atoms with van der Waals surface area (Å²) < 4.78 is 11.7. The van der Waals surface area contributed by atoms with E-state index in [4.69, 9.17) is 9.47 Å². The molecular formula is C21H28N2O3. The van der Waals surface area contributed by atoms with Gasteiger partial charge in [-0.1, -0.05) is 6.07 Å². The second kappa shape index (κ2) is 7.99. The Morgan fingerprint density at radius 2 is 1.88 bits per heavy atom. The molecule has 1 N–H and O–H groups in total. The topological polar surface area (TPSA) is 71.3 Å². The first-order valence-corrected chi connectivity index (χ1v) is 9.60. The smallest absolute Gasteiger partial charge is 0.217 e. The van der Waals surface area contributed by atoms with E-state index in [2.05, 4.69) is 11.4 Å². The molecule has 26 heavy (non-hydrogen) atoms. The van der Waals surface area contributed by atoms with Gasteiger partial charge in [0, 0.05) is 13.0 Å². The summed E-state index contributed by atoms with van der Waals surface area (Å²) in [6, 6.07) is 8.63. The fourth-order valence-electron chi connectivity index (χ4n) is 4.26. The molecule has 2 saturated carbocycles. The number of carbonyl (C=O) groups is 1. The first kappa shape index (κ1) is 18.6. The number of nitriles is 1. The summed E-state index contributed by atoms with van der Waals surface area (Å²) in [7, 11) is 1.65. The minimum absolute atomic E-state index is 0.00356. The number of nitrogens with one attached hydrogen (secondary N) is 1. The molecule has 2 fully saturated rings. The van der Waals surface area contributed by atoms with Gasteiger partial charge in [-0.3, -0.25) is 4.79 Å². The zero-order valence-corrected chi connectivity index (χ0v) is 15.7. The molecule has 5 nitrogen and oxygen atoms in total. The minimum Gasteiger partial charge on any atom is -0.493 e. The average molecular weight is 356 g/mol. The van der Waals surface area contributed by atoms with Crippen LogP contribution in [0.15, 0.2) is 18.2 Å². The molecule has 140 valence electrons. The van der Waals surface area contributed by atoms with Crippen molar-refractivity contribution in [3.8, 4) is 17.6 Å². The second-order valence-corrected chi connectivity index (χ2v) is 7.56. The quantitative estimate of drug-likeness (QED) is 0.870. The van der Waals surface area contributed by atoms with E-state index in [-0.39, 0.29) is 18.1 Å². The highest BCUT2D eigenvalue weighted by molar-refractivity contribution is 5.73. The molecule has 0 atom stereocenters. The lowest BCUT2D eigenvalue weighted by molar-refractivity contribution is -0.119. The van der Waals surface area contributed by atoms with Gasteiger partial charge in [0.1, 0.15) is 0 Å². The highest BCUT2D eigenvalue weighted by Gasteiger charge is 2.38. The van der Waals surface area contributed by atoms with E-state index in [0.29, 0.717) is 0 Å². The predicted molar refractivity (Wildman–Crippen MR) is 99.2 cm³/mol. The molecule has 0 heterocycles. The van der Waals surface area contributed by atoms with Crippen molar-refractivity contribution in [3.05, 3.63) is 23.8 Å². The van der Waals surface area contributed by atoms with Gasteiger partial charge in [0.25, 0.3) is 0 Å². The number of amides is 1. The van der Waals surface area contributed by atoms with Crippen LogP contribution in [0.3, 0.4) is 0 Å². The van der Waals surface area contributed by atoms with Crippen LogP contribution in [-0.2, 0) is 10.2 Å². The number of nitrogens with zero attached hydrogens (tertiary/aromatic N) is 1. The van der Waals surface area contributed by atoms with Crippen molar-refractivity contribution < 1.29 is 14.3 Å². The Labute approximate surface area is 155 Å². The number of hydrogen-bond donors (Lipinski definition) is 1. The van der Waals surface area contributed by atoms with Crippen molar-refractivity contribution in [2.45, 2.75) is 75.9 Å². The fraction of sp³-hybridized carbons (Fsp3) is 0.619. The molecule has 1 aromatic carbocycles. The summed E-state index contributed by atoms with van der Waals surface area (Å²) in [5.41, 5.74) is 0.477. The lowest BCUT2D eigenvalue weighted by Gasteiger charge is -2.35.